The van der Waals surface area contributed by atoms with E-state index in [1.165, 1.54) is 24.5 Å². The third kappa shape index (κ3) is 4.44. The van der Waals surface area contributed by atoms with Crippen LogP contribution in [0.4, 0.5) is 23.0 Å². The molecular formula is C22H27N9. The molecule has 160 valence electrons. The number of nitriles is 1. The average Bonchev–Trinajstić information content (AvgIpc) is 3.44. The Hall–Kier alpha value is -3.64. The van der Waals surface area contributed by atoms with E-state index in [1.807, 2.05) is 16.8 Å². The quantitative estimate of drug-likeness (QED) is 0.654. The second-order valence-electron chi connectivity index (χ2n) is 8.11. The maximum absolute atomic E-state index is 8.85. The summed E-state index contributed by atoms with van der Waals surface area (Å²) >= 11 is 0. The predicted molar refractivity (Wildman–Crippen MR) is 122 cm³/mol. The topological polar surface area (TPSA) is 89.1 Å². The molecule has 1 aliphatic heterocycles. The molecule has 1 aliphatic rings. The van der Waals surface area contributed by atoms with Gasteiger partial charge in [-0.15, -0.1) is 0 Å². The fourth-order valence-electron chi connectivity index (χ4n) is 3.78. The maximum atomic E-state index is 8.85. The number of imidazole rings is 1. The first kappa shape index (κ1) is 20.6. The fraction of sp³-hybridized carbons (Fsp3) is 0.364. The Morgan fingerprint density at radius 3 is 2.58 bits per heavy atom. The number of nitrogens with one attached hydrogen (secondary N) is 1. The Morgan fingerprint density at radius 1 is 1.10 bits per heavy atom. The molecule has 3 heterocycles. The molecule has 9 nitrogen and oxygen atoms in total. The number of likely N-dealkylation sites (N-methyl/N-ethyl adjacent to an activating group) is 1. The highest BCUT2D eigenvalue weighted by atomic mass is 15.2. The summed E-state index contributed by atoms with van der Waals surface area (Å²) in [6.45, 7) is 2.11. The van der Waals surface area contributed by atoms with Crippen molar-refractivity contribution in [2.45, 2.75) is 12.5 Å². The average molecular weight is 418 g/mol. The van der Waals surface area contributed by atoms with Crippen LogP contribution in [0.5, 0.6) is 0 Å². The molecule has 9 heteroatoms. The van der Waals surface area contributed by atoms with Crippen LogP contribution in [0.25, 0.3) is 5.69 Å². The third-order valence-corrected chi connectivity index (χ3v) is 5.58. The van der Waals surface area contributed by atoms with Crippen molar-refractivity contribution in [1.29, 1.82) is 5.26 Å². The maximum Gasteiger partial charge on any atom is 0.158 e. The molecule has 0 aliphatic carbocycles. The van der Waals surface area contributed by atoms with E-state index in [2.05, 4.69) is 81.4 Å². The van der Waals surface area contributed by atoms with Crippen LogP contribution in [0.15, 0.2) is 43.1 Å². The molecule has 0 bridgehead atoms. The minimum Gasteiger partial charge on any atom is -0.376 e. The van der Waals surface area contributed by atoms with Crippen molar-refractivity contribution >= 4 is 23.0 Å². The molecular weight excluding hydrogens is 390 g/mol. The highest BCUT2D eigenvalue weighted by Crippen LogP contribution is 2.31. The van der Waals surface area contributed by atoms with Crippen LogP contribution in [0, 0.1) is 11.3 Å². The second kappa shape index (κ2) is 8.62. The second-order valence-corrected chi connectivity index (χ2v) is 8.11. The molecule has 1 unspecified atom stereocenters. The number of hydrogen-bond acceptors (Lipinski definition) is 8. The SMILES string of the molecule is CN(C)c1cc(N2CCC(N(C)C)C2)ccc1-n1cnc(Nc2cnc(C#N)cn2)c1. The van der Waals surface area contributed by atoms with Gasteiger partial charge in [0, 0.05) is 38.9 Å². The van der Waals surface area contributed by atoms with Crippen molar-refractivity contribution in [3.63, 3.8) is 0 Å². The monoisotopic (exact) mass is 417 g/mol. The lowest BCUT2D eigenvalue weighted by Crippen LogP contribution is -2.31. The van der Waals surface area contributed by atoms with Gasteiger partial charge in [0.1, 0.15) is 24.0 Å². The molecule has 1 saturated heterocycles. The van der Waals surface area contributed by atoms with Crippen LogP contribution in [0.2, 0.25) is 0 Å². The Bertz CT molecular complexity index is 1080. The van der Waals surface area contributed by atoms with Gasteiger partial charge in [-0.25, -0.2) is 15.0 Å². The first-order valence-electron chi connectivity index (χ1n) is 10.2. The van der Waals surface area contributed by atoms with Gasteiger partial charge in [-0.05, 0) is 38.7 Å². The normalized spacial score (nSPS) is 15.9. The van der Waals surface area contributed by atoms with E-state index in [9.17, 15) is 0 Å². The van der Waals surface area contributed by atoms with Gasteiger partial charge in [-0.2, -0.15) is 5.26 Å². The fourth-order valence-corrected chi connectivity index (χ4v) is 3.78. The summed E-state index contributed by atoms with van der Waals surface area (Å²) in [6.07, 6.45) is 7.83. The van der Waals surface area contributed by atoms with Crippen molar-refractivity contribution in [3.8, 4) is 11.8 Å². The van der Waals surface area contributed by atoms with E-state index in [-0.39, 0.29) is 5.69 Å². The minimum absolute atomic E-state index is 0.279. The first-order valence-corrected chi connectivity index (χ1v) is 10.2. The summed E-state index contributed by atoms with van der Waals surface area (Å²) < 4.78 is 1.99. The van der Waals surface area contributed by atoms with Gasteiger partial charge in [0.2, 0.25) is 0 Å². The lowest BCUT2D eigenvalue weighted by Gasteiger charge is -2.25. The van der Waals surface area contributed by atoms with Crippen molar-refractivity contribution in [3.05, 3.63) is 48.8 Å². The molecule has 1 atom stereocenters. The highest BCUT2D eigenvalue weighted by molar-refractivity contribution is 5.70. The summed E-state index contributed by atoms with van der Waals surface area (Å²) in [5.41, 5.74) is 3.68. The number of aromatic nitrogens is 4. The zero-order chi connectivity index (χ0) is 22.0. The zero-order valence-corrected chi connectivity index (χ0v) is 18.3. The summed E-state index contributed by atoms with van der Waals surface area (Å²) in [5.74, 6) is 1.19. The molecule has 31 heavy (non-hydrogen) atoms. The summed E-state index contributed by atoms with van der Waals surface area (Å²) in [7, 11) is 8.41. The van der Waals surface area contributed by atoms with Gasteiger partial charge in [0.05, 0.1) is 30.0 Å². The molecule has 1 N–H and O–H groups in total. The molecule has 3 aromatic rings. The van der Waals surface area contributed by atoms with E-state index >= 15 is 0 Å². The first-order chi connectivity index (χ1) is 14.9. The molecule has 0 amide bonds. The molecule has 0 saturated carbocycles. The van der Waals surface area contributed by atoms with Crippen LogP contribution in [-0.4, -0.2) is 71.7 Å². The third-order valence-electron chi connectivity index (χ3n) is 5.58. The van der Waals surface area contributed by atoms with Crippen LogP contribution >= 0.6 is 0 Å². The van der Waals surface area contributed by atoms with Gasteiger partial charge in [0.15, 0.2) is 5.69 Å². The van der Waals surface area contributed by atoms with Crippen molar-refractivity contribution in [2.75, 3.05) is 56.4 Å². The lowest BCUT2D eigenvalue weighted by molar-refractivity contribution is 0.315. The summed E-state index contributed by atoms with van der Waals surface area (Å²) in [5, 5.41) is 12.0. The summed E-state index contributed by atoms with van der Waals surface area (Å²) in [6, 6.07) is 9.12. The van der Waals surface area contributed by atoms with Crippen LogP contribution in [0.3, 0.4) is 0 Å². The highest BCUT2D eigenvalue weighted by Gasteiger charge is 2.24. The smallest absolute Gasteiger partial charge is 0.158 e. The molecule has 2 aromatic heterocycles. The Kier molecular flexibility index (Phi) is 5.73. The van der Waals surface area contributed by atoms with Crippen molar-refractivity contribution < 1.29 is 0 Å². The van der Waals surface area contributed by atoms with Gasteiger partial charge >= 0.3 is 0 Å². The number of anilines is 4. The number of nitrogens with zero attached hydrogens (tertiary/aromatic N) is 8. The van der Waals surface area contributed by atoms with Gasteiger partial charge in [-0.3, -0.25) is 0 Å². The lowest BCUT2D eigenvalue weighted by atomic mass is 10.2. The number of rotatable bonds is 6. The van der Waals surface area contributed by atoms with Gasteiger partial charge < -0.3 is 24.6 Å². The molecule has 1 fully saturated rings. The van der Waals surface area contributed by atoms with Crippen LogP contribution in [-0.2, 0) is 0 Å². The predicted octanol–water partition coefficient (Wildman–Crippen LogP) is 2.48. The van der Waals surface area contributed by atoms with E-state index in [1.54, 1.807) is 6.33 Å². The van der Waals surface area contributed by atoms with E-state index in [4.69, 9.17) is 5.26 Å². The Labute approximate surface area is 182 Å². The molecule has 0 spiro atoms. The summed E-state index contributed by atoms with van der Waals surface area (Å²) in [4.78, 5) is 19.5. The molecule has 1 aromatic carbocycles. The number of hydrogen-bond donors (Lipinski definition) is 1. The van der Waals surface area contributed by atoms with Crippen LogP contribution in [0.1, 0.15) is 12.1 Å². The Balaban J connectivity index is 1.56. The standard InChI is InChI=1S/C22H27N9/c1-28(2)18-7-8-30(13-18)17-5-6-19(20(9-17)29(3)4)31-14-22(26-15-31)27-21-12-24-16(10-23)11-25-21/h5-6,9,11-12,14-15,18H,7-8,13H2,1-4H3,(H,25,27). The zero-order valence-electron chi connectivity index (χ0n) is 18.3. The van der Waals surface area contributed by atoms with Crippen LogP contribution < -0.4 is 15.1 Å². The van der Waals surface area contributed by atoms with Gasteiger partial charge in [0.25, 0.3) is 0 Å². The van der Waals surface area contributed by atoms with E-state index < -0.39 is 0 Å². The van der Waals surface area contributed by atoms with Crippen molar-refractivity contribution in [2.24, 2.45) is 0 Å². The van der Waals surface area contributed by atoms with E-state index in [0.717, 1.165) is 24.5 Å². The molecule has 0 radical (unpaired) electrons. The largest absolute Gasteiger partial charge is 0.376 e. The number of benzene rings is 1. The Morgan fingerprint density at radius 2 is 1.94 bits per heavy atom. The minimum atomic E-state index is 0.279. The molecule has 4 rings (SSSR count). The van der Waals surface area contributed by atoms with Gasteiger partial charge in [-0.1, -0.05) is 0 Å². The van der Waals surface area contributed by atoms with Crippen molar-refractivity contribution in [1.82, 2.24) is 24.4 Å². The van der Waals surface area contributed by atoms with E-state index in [0.29, 0.717) is 17.7 Å².